The van der Waals surface area contributed by atoms with Gasteiger partial charge >= 0.3 is 0 Å². The molecule has 2 aromatic rings. The lowest BCUT2D eigenvalue weighted by atomic mass is 10.1. The smallest absolute Gasteiger partial charge is 0.0406 e. The molecule has 0 bridgehead atoms. The van der Waals surface area contributed by atoms with Gasteiger partial charge in [0.2, 0.25) is 0 Å². The van der Waals surface area contributed by atoms with Crippen LogP contribution in [0.3, 0.4) is 0 Å². The Morgan fingerprint density at radius 1 is 1.24 bits per heavy atom. The van der Waals surface area contributed by atoms with Crippen molar-refractivity contribution in [2.75, 3.05) is 6.54 Å². The van der Waals surface area contributed by atoms with Gasteiger partial charge in [-0.1, -0.05) is 23.7 Å². The van der Waals surface area contributed by atoms with Gasteiger partial charge in [0.15, 0.2) is 0 Å². The van der Waals surface area contributed by atoms with Crippen LogP contribution < -0.4 is 5.32 Å². The van der Waals surface area contributed by atoms with E-state index in [0.29, 0.717) is 6.04 Å². The molecule has 2 rings (SSSR count). The van der Waals surface area contributed by atoms with Crippen molar-refractivity contribution in [2.45, 2.75) is 19.4 Å². The first-order chi connectivity index (χ1) is 8.25. The van der Waals surface area contributed by atoms with Gasteiger partial charge in [-0.25, -0.2) is 0 Å². The van der Waals surface area contributed by atoms with Gasteiger partial charge in [0.1, 0.15) is 0 Å². The van der Waals surface area contributed by atoms with Crippen LogP contribution in [-0.2, 0) is 6.42 Å². The van der Waals surface area contributed by atoms with Gasteiger partial charge in [-0.15, -0.1) is 0 Å². The van der Waals surface area contributed by atoms with Crippen molar-refractivity contribution < 1.29 is 0 Å². The summed E-state index contributed by atoms with van der Waals surface area (Å²) in [6.45, 7) is 3.18. The molecule has 17 heavy (non-hydrogen) atoms. The Kier molecular flexibility index (Phi) is 4.60. The number of rotatable bonds is 5. The van der Waals surface area contributed by atoms with Crippen LogP contribution in [0.25, 0.3) is 0 Å². The van der Waals surface area contributed by atoms with Crippen molar-refractivity contribution in [3.63, 3.8) is 0 Å². The minimum Gasteiger partial charge on any atom is -0.310 e. The van der Waals surface area contributed by atoms with Crippen LogP contribution in [0.15, 0.2) is 41.1 Å². The van der Waals surface area contributed by atoms with E-state index in [9.17, 15) is 0 Å². The number of halogens is 1. The SMILES string of the molecule is C[C@H](NCCc1ccsc1)c1ccc(Cl)cc1. The average Bonchev–Trinajstić information content (AvgIpc) is 2.83. The van der Waals surface area contributed by atoms with Crippen molar-refractivity contribution in [1.82, 2.24) is 5.32 Å². The van der Waals surface area contributed by atoms with Crippen molar-refractivity contribution in [1.29, 1.82) is 0 Å². The number of thiophene rings is 1. The fraction of sp³-hybridized carbons (Fsp3) is 0.286. The summed E-state index contributed by atoms with van der Waals surface area (Å²) in [6.07, 6.45) is 1.08. The second-order valence-corrected chi connectivity index (χ2v) is 5.33. The number of hydrogen-bond acceptors (Lipinski definition) is 2. The lowest BCUT2D eigenvalue weighted by Crippen LogP contribution is -2.21. The van der Waals surface area contributed by atoms with Gasteiger partial charge in [-0.3, -0.25) is 0 Å². The average molecular weight is 266 g/mol. The van der Waals surface area contributed by atoms with Crippen LogP contribution in [0.2, 0.25) is 5.02 Å². The van der Waals surface area contributed by atoms with Gasteiger partial charge in [0, 0.05) is 11.1 Å². The molecule has 0 aliphatic carbocycles. The quantitative estimate of drug-likeness (QED) is 0.850. The monoisotopic (exact) mass is 265 g/mol. The summed E-state index contributed by atoms with van der Waals surface area (Å²) in [5.74, 6) is 0. The molecule has 0 unspecified atom stereocenters. The molecule has 1 heterocycles. The molecule has 3 heteroatoms. The first-order valence-corrected chi connectivity index (χ1v) is 7.08. The summed E-state index contributed by atoms with van der Waals surface area (Å²) in [6, 6.07) is 10.6. The molecule has 1 atom stereocenters. The molecule has 0 radical (unpaired) electrons. The lowest BCUT2D eigenvalue weighted by molar-refractivity contribution is 0.577. The van der Waals surface area contributed by atoms with Crippen LogP contribution in [0.5, 0.6) is 0 Å². The van der Waals surface area contributed by atoms with Gasteiger partial charge in [0.05, 0.1) is 0 Å². The molecular formula is C14H16ClNS. The summed E-state index contributed by atoms with van der Waals surface area (Å²) in [4.78, 5) is 0. The molecule has 90 valence electrons. The summed E-state index contributed by atoms with van der Waals surface area (Å²) in [5.41, 5.74) is 2.69. The van der Waals surface area contributed by atoms with E-state index in [4.69, 9.17) is 11.6 Å². The van der Waals surface area contributed by atoms with Crippen LogP contribution in [0, 0.1) is 0 Å². The topological polar surface area (TPSA) is 12.0 Å². The Morgan fingerprint density at radius 2 is 2.00 bits per heavy atom. The van der Waals surface area contributed by atoms with Gasteiger partial charge in [-0.2, -0.15) is 11.3 Å². The van der Waals surface area contributed by atoms with E-state index < -0.39 is 0 Å². The Labute approximate surface area is 111 Å². The van der Waals surface area contributed by atoms with E-state index in [1.807, 2.05) is 12.1 Å². The molecule has 0 saturated carbocycles. The molecule has 1 aromatic heterocycles. The van der Waals surface area contributed by atoms with E-state index in [2.05, 4.69) is 41.2 Å². The molecule has 0 fully saturated rings. The van der Waals surface area contributed by atoms with Crippen molar-refractivity contribution in [2.24, 2.45) is 0 Å². The van der Waals surface area contributed by atoms with Crippen molar-refractivity contribution >= 4 is 22.9 Å². The normalized spacial score (nSPS) is 12.6. The molecular weight excluding hydrogens is 250 g/mol. The maximum absolute atomic E-state index is 5.87. The third kappa shape index (κ3) is 3.84. The summed E-state index contributed by atoms with van der Waals surface area (Å²) in [5, 5.41) is 8.64. The van der Waals surface area contributed by atoms with Crippen LogP contribution in [-0.4, -0.2) is 6.54 Å². The second kappa shape index (κ2) is 6.20. The standard InChI is InChI=1S/C14H16ClNS/c1-11(13-2-4-14(15)5-3-13)16-8-6-12-7-9-17-10-12/h2-5,7,9-11,16H,6,8H2,1H3/t11-/m0/s1. The minimum atomic E-state index is 0.367. The van der Waals surface area contributed by atoms with E-state index >= 15 is 0 Å². The zero-order valence-corrected chi connectivity index (χ0v) is 11.4. The fourth-order valence-electron chi connectivity index (χ4n) is 1.74. The van der Waals surface area contributed by atoms with Gasteiger partial charge in [0.25, 0.3) is 0 Å². The van der Waals surface area contributed by atoms with Crippen molar-refractivity contribution in [3.8, 4) is 0 Å². The highest BCUT2D eigenvalue weighted by molar-refractivity contribution is 7.07. The third-order valence-electron chi connectivity index (χ3n) is 2.81. The third-order valence-corrected chi connectivity index (χ3v) is 3.80. The number of nitrogens with one attached hydrogen (secondary N) is 1. The summed E-state index contributed by atoms with van der Waals surface area (Å²) < 4.78 is 0. The molecule has 0 aliphatic rings. The highest BCUT2D eigenvalue weighted by Crippen LogP contribution is 2.16. The Balaban J connectivity index is 1.81. The molecule has 1 nitrogen and oxygen atoms in total. The van der Waals surface area contributed by atoms with Crippen LogP contribution >= 0.6 is 22.9 Å². The molecule has 0 spiro atoms. The maximum atomic E-state index is 5.87. The second-order valence-electron chi connectivity index (χ2n) is 4.11. The summed E-state index contributed by atoms with van der Waals surface area (Å²) >= 11 is 7.62. The van der Waals surface area contributed by atoms with Crippen molar-refractivity contribution in [3.05, 3.63) is 57.2 Å². The predicted molar refractivity (Wildman–Crippen MR) is 75.9 cm³/mol. The van der Waals surface area contributed by atoms with Crippen LogP contribution in [0.1, 0.15) is 24.1 Å². The lowest BCUT2D eigenvalue weighted by Gasteiger charge is -2.13. The zero-order chi connectivity index (χ0) is 12.1. The Morgan fingerprint density at radius 3 is 2.65 bits per heavy atom. The molecule has 1 N–H and O–H groups in total. The Bertz CT molecular complexity index is 436. The fourth-order valence-corrected chi connectivity index (χ4v) is 2.57. The van der Waals surface area contributed by atoms with E-state index in [1.165, 1.54) is 11.1 Å². The van der Waals surface area contributed by atoms with E-state index in [1.54, 1.807) is 11.3 Å². The zero-order valence-electron chi connectivity index (χ0n) is 9.82. The number of hydrogen-bond donors (Lipinski definition) is 1. The van der Waals surface area contributed by atoms with E-state index in [-0.39, 0.29) is 0 Å². The minimum absolute atomic E-state index is 0.367. The molecule has 0 saturated heterocycles. The summed E-state index contributed by atoms with van der Waals surface area (Å²) in [7, 11) is 0. The van der Waals surface area contributed by atoms with Gasteiger partial charge in [-0.05, 0) is 60.0 Å². The maximum Gasteiger partial charge on any atom is 0.0406 e. The molecule has 1 aromatic carbocycles. The largest absolute Gasteiger partial charge is 0.310 e. The van der Waals surface area contributed by atoms with E-state index in [0.717, 1.165) is 18.0 Å². The van der Waals surface area contributed by atoms with Gasteiger partial charge < -0.3 is 5.32 Å². The Hall–Kier alpha value is -0.830. The molecule has 0 amide bonds. The predicted octanol–water partition coefficient (Wildman–Crippen LogP) is 4.29. The number of benzene rings is 1. The molecule has 0 aliphatic heterocycles. The first-order valence-electron chi connectivity index (χ1n) is 5.75. The van der Waals surface area contributed by atoms with Crippen LogP contribution in [0.4, 0.5) is 0 Å². The highest BCUT2D eigenvalue weighted by atomic mass is 35.5. The highest BCUT2D eigenvalue weighted by Gasteiger charge is 2.04. The first kappa shape index (κ1) is 12.6.